The molecule has 1 aromatic carbocycles. The lowest BCUT2D eigenvalue weighted by atomic mass is 9.53. The van der Waals surface area contributed by atoms with E-state index in [9.17, 15) is 8.42 Å². The first kappa shape index (κ1) is 15.6. The molecule has 4 rings (SSSR count). The molecule has 4 nitrogen and oxygen atoms in total. The Kier molecular flexibility index (Phi) is 3.59. The fraction of sp³-hybridized carbons (Fsp3) is 0.667. The van der Waals surface area contributed by atoms with Gasteiger partial charge in [-0.1, -0.05) is 29.8 Å². The zero-order chi connectivity index (χ0) is 16.2. The zero-order valence-electron chi connectivity index (χ0n) is 13.8. The third-order valence-corrected chi connectivity index (χ3v) is 7.96. The fourth-order valence-electron chi connectivity index (χ4n) is 4.47. The predicted molar refractivity (Wildman–Crippen MR) is 89.9 cm³/mol. The highest BCUT2D eigenvalue weighted by Gasteiger charge is 2.55. The molecule has 1 spiro atoms. The van der Waals surface area contributed by atoms with Crippen molar-refractivity contribution in [1.82, 2.24) is 4.72 Å². The second kappa shape index (κ2) is 5.30. The van der Waals surface area contributed by atoms with Crippen LogP contribution >= 0.6 is 0 Å². The lowest BCUT2D eigenvalue weighted by Crippen LogP contribution is -2.58. The molecule has 0 bridgehead atoms. The Balaban J connectivity index is 1.31. The summed E-state index contributed by atoms with van der Waals surface area (Å²) in [7, 11) is -1.43. The van der Waals surface area contributed by atoms with E-state index in [4.69, 9.17) is 4.74 Å². The van der Waals surface area contributed by atoms with Crippen LogP contribution in [0.15, 0.2) is 24.3 Å². The van der Waals surface area contributed by atoms with Gasteiger partial charge in [-0.15, -0.1) is 0 Å². The van der Waals surface area contributed by atoms with Crippen LogP contribution < -0.4 is 4.72 Å². The average molecular weight is 335 g/mol. The molecule has 3 saturated carbocycles. The molecule has 0 aliphatic heterocycles. The van der Waals surface area contributed by atoms with Crippen molar-refractivity contribution >= 4 is 10.0 Å². The van der Waals surface area contributed by atoms with Crippen molar-refractivity contribution in [3.05, 3.63) is 35.4 Å². The first-order valence-electron chi connectivity index (χ1n) is 8.51. The molecule has 0 radical (unpaired) electrons. The van der Waals surface area contributed by atoms with Crippen molar-refractivity contribution in [3.8, 4) is 0 Å². The standard InChI is InChI=1S/C18H25NO3S/c1-12-3-5-13(6-4-12)16-7-17(16)23(20,21)19-14-8-18(9-14)10-15(11-18)22-2/h3-6,14-17,19H,7-11H2,1-2H3. The van der Waals surface area contributed by atoms with Gasteiger partial charge >= 0.3 is 0 Å². The van der Waals surface area contributed by atoms with Crippen molar-refractivity contribution in [2.45, 2.75) is 62.3 Å². The summed E-state index contributed by atoms with van der Waals surface area (Å²) in [5, 5.41) is -0.241. The average Bonchev–Trinajstić information content (AvgIpc) is 3.22. The van der Waals surface area contributed by atoms with E-state index >= 15 is 0 Å². The number of methoxy groups -OCH3 is 1. The van der Waals surface area contributed by atoms with E-state index in [-0.39, 0.29) is 17.2 Å². The maximum atomic E-state index is 12.5. The lowest BCUT2D eigenvalue weighted by Gasteiger charge is -2.57. The van der Waals surface area contributed by atoms with Crippen molar-refractivity contribution < 1.29 is 13.2 Å². The van der Waals surface area contributed by atoms with Gasteiger partial charge in [-0.3, -0.25) is 0 Å². The Morgan fingerprint density at radius 1 is 1.13 bits per heavy atom. The molecule has 0 aromatic heterocycles. The number of aryl methyl sites for hydroxylation is 1. The molecule has 23 heavy (non-hydrogen) atoms. The molecule has 1 N–H and O–H groups in total. The van der Waals surface area contributed by atoms with E-state index in [1.807, 2.05) is 6.92 Å². The molecule has 1 aromatic rings. The molecule has 0 heterocycles. The summed E-state index contributed by atoms with van der Waals surface area (Å²) in [5.74, 6) is 0.170. The Bertz CT molecular complexity index is 683. The molecule has 5 heteroatoms. The summed E-state index contributed by atoms with van der Waals surface area (Å²) in [6, 6.07) is 8.38. The highest BCUT2D eigenvalue weighted by atomic mass is 32.2. The predicted octanol–water partition coefficient (Wildman–Crippen LogP) is 2.73. The normalized spacial score (nSPS) is 38.9. The zero-order valence-corrected chi connectivity index (χ0v) is 14.6. The van der Waals surface area contributed by atoms with E-state index in [2.05, 4.69) is 29.0 Å². The number of hydrogen-bond acceptors (Lipinski definition) is 3. The maximum absolute atomic E-state index is 12.5. The highest BCUT2D eigenvalue weighted by molar-refractivity contribution is 7.90. The maximum Gasteiger partial charge on any atom is 0.215 e. The van der Waals surface area contributed by atoms with Gasteiger partial charge in [-0.05, 0) is 50.0 Å². The molecule has 126 valence electrons. The summed E-state index contributed by atoms with van der Waals surface area (Å²) in [6.45, 7) is 2.05. The number of hydrogen-bond donors (Lipinski definition) is 1. The van der Waals surface area contributed by atoms with Crippen LogP contribution in [0.5, 0.6) is 0 Å². The van der Waals surface area contributed by atoms with Crippen LogP contribution in [0.25, 0.3) is 0 Å². The van der Waals surface area contributed by atoms with E-state index in [0.717, 1.165) is 37.7 Å². The van der Waals surface area contributed by atoms with E-state index in [1.54, 1.807) is 7.11 Å². The van der Waals surface area contributed by atoms with Crippen LogP contribution in [0, 0.1) is 12.3 Å². The quantitative estimate of drug-likeness (QED) is 0.900. The van der Waals surface area contributed by atoms with Crippen molar-refractivity contribution in [1.29, 1.82) is 0 Å². The summed E-state index contributed by atoms with van der Waals surface area (Å²) < 4.78 is 33.4. The number of rotatable bonds is 5. The van der Waals surface area contributed by atoms with Gasteiger partial charge < -0.3 is 4.74 Å². The van der Waals surface area contributed by atoms with Crippen molar-refractivity contribution in [3.63, 3.8) is 0 Å². The summed E-state index contributed by atoms with van der Waals surface area (Å²) in [5.41, 5.74) is 2.73. The molecule has 2 unspecified atom stereocenters. The van der Waals surface area contributed by atoms with Crippen LogP contribution in [0.1, 0.15) is 49.1 Å². The van der Waals surface area contributed by atoms with Crippen molar-refractivity contribution in [2.75, 3.05) is 7.11 Å². The topological polar surface area (TPSA) is 55.4 Å². The van der Waals surface area contributed by atoms with Gasteiger partial charge in [0.2, 0.25) is 10.0 Å². The van der Waals surface area contributed by atoms with Gasteiger partial charge in [-0.25, -0.2) is 13.1 Å². The largest absolute Gasteiger partial charge is 0.381 e. The van der Waals surface area contributed by atoms with Crippen molar-refractivity contribution in [2.24, 2.45) is 5.41 Å². The summed E-state index contributed by atoms with van der Waals surface area (Å²) in [4.78, 5) is 0. The van der Waals surface area contributed by atoms with Crippen LogP contribution in [0.4, 0.5) is 0 Å². The number of sulfonamides is 1. The molecule has 3 aliphatic carbocycles. The van der Waals surface area contributed by atoms with Gasteiger partial charge in [0.1, 0.15) is 0 Å². The van der Waals surface area contributed by atoms with Gasteiger partial charge in [0, 0.05) is 19.1 Å². The third-order valence-electron chi connectivity index (χ3n) is 5.98. The minimum Gasteiger partial charge on any atom is -0.381 e. The minimum absolute atomic E-state index is 0.136. The Hall–Kier alpha value is -0.910. The molecule has 3 aliphatic rings. The summed E-state index contributed by atoms with van der Waals surface area (Å²) in [6.07, 6.45) is 5.29. The second-order valence-electron chi connectivity index (χ2n) is 7.83. The smallest absolute Gasteiger partial charge is 0.215 e. The number of ether oxygens (including phenoxy) is 1. The summed E-state index contributed by atoms with van der Waals surface area (Å²) >= 11 is 0. The second-order valence-corrected chi connectivity index (χ2v) is 9.76. The fourth-order valence-corrected chi connectivity index (χ4v) is 6.33. The van der Waals surface area contributed by atoms with Gasteiger partial charge in [-0.2, -0.15) is 0 Å². The lowest BCUT2D eigenvalue weighted by molar-refractivity contribution is -0.110. The Morgan fingerprint density at radius 2 is 1.78 bits per heavy atom. The SMILES string of the molecule is COC1CC2(CC(NS(=O)(=O)C3CC3c3ccc(C)cc3)C2)C1. The first-order chi connectivity index (χ1) is 10.9. The number of benzene rings is 1. The first-order valence-corrected chi connectivity index (χ1v) is 10.1. The molecule has 0 amide bonds. The molecule has 2 atom stereocenters. The van der Waals surface area contributed by atoms with E-state index in [1.165, 1.54) is 5.56 Å². The molecular weight excluding hydrogens is 310 g/mol. The van der Waals surface area contributed by atoms with E-state index in [0.29, 0.717) is 11.5 Å². The van der Waals surface area contributed by atoms with Gasteiger partial charge in [0.15, 0.2) is 0 Å². The van der Waals surface area contributed by atoms with Crippen LogP contribution in [0.2, 0.25) is 0 Å². The van der Waals surface area contributed by atoms with Crippen LogP contribution in [-0.2, 0) is 14.8 Å². The number of nitrogens with one attached hydrogen (secondary N) is 1. The molecular formula is C18H25NO3S. The van der Waals surface area contributed by atoms with Crippen LogP contribution in [0.3, 0.4) is 0 Å². The van der Waals surface area contributed by atoms with Gasteiger partial charge in [0.05, 0.1) is 11.4 Å². The van der Waals surface area contributed by atoms with E-state index < -0.39 is 10.0 Å². The highest BCUT2D eigenvalue weighted by Crippen LogP contribution is 2.57. The minimum atomic E-state index is -3.19. The Morgan fingerprint density at radius 3 is 2.39 bits per heavy atom. The third kappa shape index (κ3) is 2.83. The van der Waals surface area contributed by atoms with Gasteiger partial charge in [0.25, 0.3) is 0 Å². The molecule has 0 saturated heterocycles. The molecule has 3 fully saturated rings. The monoisotopic (exact) mass is 335 g/mol. The van der Waals surface area contributed by atoms with Crippen LogP contribution in [-0.4, -0.2) is 32.9 Å². The Labute approximate surface area is 138 Å².